The van der Waals surface area contributed by atoms with Gasteiger partial charge in [0.05, 0.1) is 10.7 Å². The van der Waals surface area contributed by atoms with Crippen molar-refractivity contribution in [2.75, 3.05) is 18.0 Å². The normalized spacial score (nSPS) is 27.6. The van der Waals surface area contributed by atoms with Gasteiger partial charge in [-0.05, 0) is 43.9 Å². The Bertz CT molecular complexity index is 673. The van der Waals surface area contributed by atoms with Gasteiger partial charge in [-0.2, -0.15) is 0 Å². The van der Waals surface area contributed by atoms with Crippen LogP contribution in [0.1, 0.15) is 36.0 Å². The highest BCUT2D eigenvalue weighted by Gasteiger charge is 2.34. The first-order valence-corrected chi connectivity index (χ1v) is 8.90. The molecule has 0 saturated carbocycles. The molecule has 0 radical (unpaired) electrons. The van der Waals surface area contributed by atoms with Crippen LogP contribution in [0.3, 0.4) is 0 Å². The second-order valence-electron chi connectivity index (χ2n) is 6.83. The fraction of sp³-hybridized carbons (Fsp3) is 0.529. The molecular formula is C17H22Cl2N4O2. The van der Waals surface area contributed by atoms with Gasteiger partial charge in [0.25, 0.3) is 5.91 Å². The third-order valence-electron chi connectivity index (χ3n) is 5.16. The molecule has 3 fully saturated rings. The second kappa shape index (κ2) is 7.40. The molecule has 4 rings (SSSR count). The Kier molecular flexibility index (Phi) is 5.41. The SMILES string of the molecule is Cl.O=C(NC1CC2CCC(C1)N2)c1ccc(Cl)c(N2CCNC2=O)c1. The largest absolute Gasteiger partial charge is 0.349 e. The number of carbonyl (C=O) groups is 2. The molecule has 3 amide bonds. The molecule has 6 nitrogen and oxygen atoms in total. The highest BCUT2D eigenvalue weighted by molar-refractivity contribution is 6.34. The van der Waals surface area contributed by atoms with Gasteiger partial charge in [-0.15, -0.1) is 12.4 Å². The summed E-state index contributed by atoms with van der Waals surface area (Å²) in [6.07, 6.45) is 4.37. The summed E-state index contributed by atoms with van der Waals surface area (Å²) in [5.41, 5.74) is 1.13. The lowest BCUT2D eigenvalue weighted by Crippen LogP contribution is -2.48. The predicted octanol–water partition coefficient (Wildman–Crippen LogP) is 2.30. The molecule has 136 valence electrons. The summed E-state index contributed by atoms with van der Waals surface area (Å²) in [5.74, 6) is -0.0983. The Hall–Kier alpha value is -1.50. The van der Waals surface area contributed by atoms with Crippen LogP contribution in [-0.4, -0.2) is 43.2 Å². The van der Waals surface area contributed by atoms with E-state index in [2.05, 4.69) is 16.0 Å². The van der Waals surface area contributed by atoms with E-state index in [1.165, 1.54) is 12.8 Å². The van der Waals surface area contributed by atoms with Crippen molar-refractivity contribution in [3.05, 3.63) is 28.8 Å². The van der Waals surface area contributed by atoms with Crippen molar-refractivity contribution in [2.24, 2.45) is 0 Å². The molecule has 3 saturated heterocycles. The topological polar surface area (TPSA) is 73.5 Å². The van der Waals surface area contributed by atoms with Gasteiger partial charge in [0.1, 0.15) is 0 Å². The molecular weight excluding hydrogens is 363 g/mol. The smallest absolute Gasteiger partial charge is 0.322 e. The van der Waals surface area contributed by atoms with E-state index in [1.54, 1.807) is 23.1 Å². The molecule has 3 aliphatic rings. The predicted molar refractivity (Wildman–Crippen MR) is 99.9 cm³/mol. The van der Waals surface area contributed by atoms with E-state index in [0.717, 1.165) is 12.8 Å². The molecule has 3 N–H and O–H groups in total. The standard InChI is InChI=1S/C17H21ClN4O2.ClH/c18-14-4-1-10(7-15(14)22-6-5-19-17(22)24)16(23)21-13-8-11-2-3-12(9-13)20-11;/h1,4,7,11-13,20H,2-3,5-6,8-9H2,(H,19,24)(H,21,23);1H. The summed E-state index contributed by atoms with van der Waals surface area (Å²) < 4.78 is 0. The van der Waals surface area contributed by atoms with Crippen LogP contribution in [0.5, 0.6) is 0 Å². The van der Waals surface area contributed by atoms with E-state index in [9.17, 15) is 9.59 Å². The molecule has 2 bridgehead atoms. The van der Waals surface area contributed by atoms with Crippen LogP contribution < -0.4 is 20.9 Å². The van der Waals surface area contributed by atoms with Crippen LogP contribution >= 0.6 is 24.0 Å². The van der Waals surface area contributed by atoms with Crippen molar-refractivity contribution >= 4 is 41.6 Å². The van der Waals surface area contributed by atoms with E-state index in [4.69, 9.17) is 11.6 Å². The number of amides is 3. The molecule has 8 heteroatoms. The fourth-order valence-corrected chi connectivity index (χ4v) is 4.23. The molecule has 0 aromatic heterocycles. The summed E-state index contributed by atoms with van der Waals surface area (Å²) in [6, 6.07) is 6.20. The summed E-state index contributed by atoms with van der Waals surface area (Å²) in [4.78, 5) is 26.0. The minimum atomic E-state index is -0.176. The van der Waals surface area contributed by atoms with Crippen LogP contribution in [0.4, 0.5) is 10.5 Å². The van der Waals surface area contributed by atoms with Crippen LogP contribution in [0.25, 0.3) is 0 Å². The number of nitrogens with zero attached hydrogens (tertiary/aromatic N) is 1. The molecule has 2 unspecified atom stereocenters. The van der Waals surface area contributed by atoms with Gasteiger partial charge in [-0.3, -0.25) is 9.69 Å². The molecule has 0 aliphatic carbocycles. The molecule has 1 aromatic rings. The average molecular weight is 385 g/mol. The Labute approximate surface area is 158 Å². The number of urea groups is 1. The molecule has 2 atom stereocenters. The van der Waals surface area contributed by atoms with Crippen LogP contribution in [-0.2, 0) is 0 Å². The molecule has 3 aliphatic heterocycles. The third-order valence-corrected chi connectivity index (χ3v) is 5.48. The number of fused-ring (bicyclic) bond motifs is 2. The first kappa shape index (κ1) is 18.3. The van der Waals surface area contributed by atoms with Gasteiger partial charge in [-0.25, -0.2) is 4.79 Å². The van der Waals surface area contributed by atoms with Crippen molar-refractivity contribution in [3.8, 4) is 0 Å². The number of rotatable bonds is 3. The Morgan fingerprint density at radius 1 is 1.24 bits per heavy atom. The highest BCUT2D eigenvalue weighted by Crippen LogP contribution is 2.29. The zero-order valence-corrected chi connectivity index (χ0v) is 15.3. The maximum absolute atomic E-state index is 12.6. The van der Waals surface area contributed by atoms with Crippen molar-refractivity contribution in [1.29, 1.82) is 0 Å². The van der Waals surface area contributed by atoms with E-state index in [0.29, 0.717) is 41.4 Å². The summed E-state index contributed by atoms with van der Waals surface area (Å²) in [6.45, 7) is 1.14. The van der Waals surface area contributed by atoms with E-state index in [-0.39, 0.29) is 30.4 Å². The maximum atomic E-state index is 12.6. The molecule has 1 aromatic carbocycles. The minimum Gasteiger partial charge on any atom is -0.349 e. The number of halogens is 2. The van der Waals surface area contributed by atoms with Crippen LogP contribution in [0, 0.1) is 0 Å². The summed E-state index contributed by atoms with van der Waals surface area (Å²) >= 11 is 6.22. The summed E-state index contributed by atoms with van der Waals surface area (Å²) in [5, 5.41) is 9.94. The number of nitrogens with one attached hydrogen (secondary N) is 3. The second-order valence-corrected chi connectivity index (χ2v) is 7.24. The fourth-order valence-electron chi connectivity index (χ4n) is 4.01. The van der Waals surface area contributed by atoms with E-state index < -0.39 is 0 Å². The summed E-state index contributed by atoms with van der Waals surface area (Å²) in [7, 11) is 0. The highest BCUT2D eigenvalue weighted by atomic mass is 35.5. The number of piperidine rings is 1. The molecule has 25 heavy (non-hydrogen) atoms. The first-order chi connectivity index (χ1) is 11.6. The molecule has 0 spiro atoms. The Balaban J connectivity index is 0.00000182. The lowest BCUT2D eigenvalue weighted by atomic mass is 9.99. The first-order valence-electron chi connectivity index (χ1n) is 8.52. The van der Waals surface area contributed by atoms with Crippen molar-refractivity contribution in [2.45, 2.75) is 43.8 Å². The number of hydrogen-bond donors (Lipinski definition) is 3. The average Bonchev–Trinajstić information content (AvgIpc) is 3.13. The van der Waals surface area contributed by atoms with Crippen molar-refractivity contribution < 1.29 is 9.59 Å². The number of benzene rings is 1. The zero-order valence-electron chi connectivity index (χ0n) is 13.8. The molecule has 3 heterocycles. The van der Waals surface area contributed by atoms with Gasteiger partial charge in [-0.1, -0.05) is 11.6 Å². The Morgan fingerprint density at radius 2 is 1.96 bits per heavy atom. The Morgan fingerprint density at radius 3 is 2.60 bits per heavy atom. The van der Waals surface area contributed by atoms with Crippen molar-refractivity contribution in [1.82, 2.24) is 16.0 Å². The van der Waals surface area contributed by atoms with E-state index in [1.807, 2.05) is 0 Å². The van der Waals surface area contributed by atoms with E-state index >= 15 is 0 Å². The van der Waals surface area contributed by atoms with Crippen LogP contribution in [0.2, 0.25) is 5.02 Å². The monoisotopic (exact) mass is 384 g/mol. The third kappa shape index (κ3) is 3.71. The minimum absolute atomic E-state index is 0. The number of hydrogen-bond acceptors (Lipinski definition) is 3. The van der Waals surface area contributed by atoms with Gasteiger partial charge < -0.3 is 16.0 Å². The van der Waals surface area contributed by atoms with Gasteiger partial charge in [0.2, 0.25) is 0 Å². The van der Waals surface area contributed by atoms with Gasteiger partial charge in [0.15, 0.2) is 0 Å². The lowest BCUT2D eigenvalue weighted by molar-refractivity contribution is 0.0924. The number of carbonyl (C=O) groups excluding carboxylic acids is 2. The number of anilines is 1. The van der Waals surface area contributed by atoms with Gasteiger partial charge >= 0.3 is 6.03 Å². The lowest BCUT2D eigenvalue weighted by Gasteiger charge is -2.29. The van der Waals surface area contributed by atoms with Gasteiger partial charge in [0, 0.05) is 36.8 Å². The zero-order chi connectivity index (χ0) is 16.7. The quantitative estimate of drug-likeness (QED) is 0.748. The van der Waals surface area contributed by atoms with Crippen molar-refractivity contribution in [3.63, 3.8) is 0 Å². The van der Waals surface area contributed by atoms with Crippen LogP contribution in [0.15, 0.2) is 18.2 Å². The maximum Gasteiger partial charge on any atom is 0.322 e.